The minimum Gasteiger partial charge on any atom is -0.361 e. The fourth-order valence-corrected chi connectivity index (χ4v) is 2.31. The molecule has 1 N–H and O–H groups in total. The number of nitrogens with zero attached hydrogens (tertiary/aromatic N) is 2. The third-order valence-corrected chi connectivity index (χ3v) is 3.18. The molecule has 0 radical (unpaired) electrons. The van der Waals surface area contributed by atoms with Gasteiger partial charge in [0.1, 0.15) is 5.82 Å². The lowest BCUT2D eigenvalue weighted by molar-refractivity contribution is 0.624. The van der Waals surface area contributed by atoms with Crippen LogP contribution in [0.1, 0.15) is 25.3 Å². The van der Waals surface area contributed by atoms with Crippen molar-refractivity contribution in [3.63, 3.8) is 0 Å². The zero-order valence-electron chi connectivity index (χ0n) is 10.7. The van der Waals surface area contributed by atoms with E-state index in [1.165, 1.54) is 12.1 Å². The number of benzene rings is 1. The van der Waals surface area contributed by atoms with Gasteiger partial charge in [0, 0.05) is 11.4 Å². The Bertz CT molecular complexity index is 635. The summed E-state index contributed by atoms with van der Waals surface area (Å²) in [4.78, 5) is 0. The first-order valence-corrected chi connectivity index (χ1v) is 5.82. The zero-order chi connectivity index (χ0) is 14.0. The summed E-state index contributed by atoms with van der Waals surface area (Å²) >= 11 is 0. The van der Waals surface area contributed by atoms with Gasteiger partial charge in [-0.25, -0.2) is 4.39 Å². The monoisotopic (exact) mass is 253 g/mol. The van der Waals surface area contributed by atoms with Crippen LogP contribution in [0.3, 0.4) is 0 Å². The maximum atomic E-state index is 13.4. The molecule has 1 aliphatic heterocycles. The molecule has 1 aliphatic rings. The molecule has 0 fully saturated rings. The smallest absolute Gasteiger partial charge is 0.123 e. The average Bonchev–Trinajstić information content (AvgIpc) is 2.38. The van der Waals surface area contributed by atoms with Gasteiger partial charge in [-0.2, -0.15) is 10.5 Å². The Morgan fingerprint density at radius 3 is 2.16 bits per heavy atom. The molecule has 0 amide bonds. The highest BCUT2D eigenvalue weighted by molar-refractivity contribution is 5.54. The predicted octanol–water partition coefficient (Wildman–Crippen LogP) is 3.11. The largest absolute Gasteiger partial charge is 0.361 e. The Labute approximate surface area is 111 Å². The number of allylic oxidation sites excluding steroid dienone is 4. The molecule has 19 heavy (non-hydrogen) atoms. The summed E-state index contributed by atoms with van der Waals surface area (Å²) in [6, 6.07) is 10.3. The fourth-order valence-electron chi connectivity index (χ4n) is 2.31. The molecule has 2 rings (SSSR count). The molecule has 3 nitrogen and oxygen atoms in total. The van der Waals surface area contributed by atoms with Crippen LogP contribution in [0.15, 0.2) is 46.8 Å². The van der Waals surface area contributed by atoms with Crippen LogP contribution in [0.2, 0.25) is 0 Å². The normalized spacial score (nSPS) is 15.8. The second-order valence-electron chi connectivity index (χ2n) is 4.41. The lowest BCUT2D eigenvalue weighted by Crippen LogP contribution is -2.23. The van der Waals surface area contributed by atoms with Crippen LogP contribution >= 0.6 is 0 Å². The summed E-state index contributed by atoms with van der Waals surface area (Å²) in [6.07, 6.45) is 0. The van der Waals surface area contributed by atoms with Crippen molar-refractivity contribution >= 4 is 0 Å². The van der Waals surface area contributed by atoms with Gasteiger partial charge in [0.05, 0.1) is 29.2 Å². The van der Waals surface area contributed by atoms with Crippen molar-refractivity contribution in [1.82, 2.24) is 5.32 Å². The molecule has 0 aliphatic carbocycles. The first kappa shape index (κ1) is 12.9. The van der Waals surface area contributed by atoms with Gasteiger partial charge in [0.2, 0.25) is 0 Å². The molecule has 94 valence electrons. The summed E-state index contributed by atoms with van der Waals surface area (Å²) < 4.78 is 13.4. The van der Waals surface area contributed by atoms with E-state index in [1.54, 1.807) is 26.0 Å². The molecule has 0 atom stereocenters. The van der Waals surface area contributed by atoms with E-state index in [4.69, 9.17) is 0 Å². The molecular formula is C15H12FN3. The van der Waals surface area contributed by atoms with Crippen LogP contribution in [-0.4, -0.2) is 0 Å². The van der Waals surface area contributed by atoms with E-state index in [-0.39, 0.29) is 5.82 Å². The van der Waals surface area contributed by atoms with Crippen molar-refractivity contribution in [3.8, 4) is 12.1 Å². The highest BCUT2D eigenvalue weighted by atomic mass is 19.1. The summed E-state index contributed by atoms with van der Waals surface area (Å²) in [5, 5.41) is 21.6. The number of nitrogens with one attached hydrogen (secondary N) is 1. The van der Waals surface area contributed by atoms with Gasteiger partial charge < -0.3 is 5.32 Å². The highest BCUT2D eigenvalue weighted by Gasteiger charge is 2.29. The third kappa shape index (κ3) is 2.21. The number of nitriles is 2. The van der Waals surface area contributed by atoms with Crippen molar-refractivity contribution in [3.05, 3.63) is 58.2 Å². The maximum Gasteiger partial charge on any atom is 0.123 e. The van der Waals surface area contributed by atoms with Crippen molar-refractivity contribution in [2.75, 3.05) is 0 Å². The SMILES string of the molecule is CC1=C(C#N)C(c2cccc(F)c2)C(C#N)=C(C)N1. The van der Waals surface area contributed by atoms with Gasteiger partial charge in [-0.15, -0.1) is 0 Å². The van der Waals surface area contributed by atoms with Gasteiger partial charge >= 0.3 is 0 Å². The molecule has 0 bridgehead atoms. The molecule has 0 unspecified atom stereocenters. The first-order chi connectivity index (χ1) is 9.08. The van der Waals surface area contributed by atoms with Crippen LogP contribution in [-0.2, 0) is 0 Å². The highest BCUT2D eigenvalue weighted by Crippen LogP contribution is 2.37. The zero-order valence-corrected chi connectivity index (χ0v) is 10.7. The summed E-state index contributed by atoms with van der Waals surface area (Å²) in [5.74, 6) is -0.868. The van der Waals surface area contributed by atoms with E-state index in [2.05, 4.69) is 17.5 Å². The van der Waals surface area contributed by atoms with Crippen LogP contribution < -0.4 is 5.32 Å². The second-order valence-corrected chi connectivity index (χ2v) is 4.41. The molecule has 1 aromatic carbocycles. The minimum atomic E-state index is -0.494. The van der Waals surface area contributed by atoms with Crippen molar-refractivity contribution in [2.24, 2.45) is 0 Å². The number of halogens is 1. The van der Waals surface area contributed by atoms with Crippen molar-refractivity contribution in [1.29, 1.82) is 10.5 Å². The Kier molecular flexibility index (Phi) is 3.35. The van der Waals surface area contributed by atoms with Crippen LogP contribution in [0, 0.1) is 28.5 Å². The number of dihydropyridines is 1. The second kappa shape index (κ2) is 4.96. The summed E-state index contributed by atoms with van der Waals surface area (Å²) in [7, 11) is 0. The number of hydrogen-bond donors (Lipinski definition) is 1. The van der Waals surface area contributed by atoms with Crippen molar-refractivity contribution in [2.45, 2.75) is 19.8 Å². The Morgan fingerprint density at radius 2 is 1.68 bits per heavy atom. The van der Waals surface area contributed by atoms with Gasteiger partial charge in [0.25, 0.3) is 0 Å². The Morgan fingerprint density at radius 1 is 1.11 bits per heavy atom. The van der Waals surface area contributed by atoms with Gasteiger partial charge in [-0.05, 0) is 31.5 Å². The Hall–Kier alpha value is -2.59. The molecule has 4 heteroatoms. The van der Waals surface area contributed by atoms with Gasteiger partial charge in [-0.1, -0.05) is 12.1 Å². The maximum absolute atomic E-state index is 13.4. The molecular weight excluding hydrogens is 241 g/mol. The average molecular weight is 253 g/mol. The number of rotatable bonds is 1. The number of hydrogen-bond acceptors (Lipinski definition) is 3. The van der Waals surface area contributed by atoms with E-state index in [0.717, 1.165) is 0 Å². The van der Waals surface area contributed by atoms with Crippen LogP contribution in [0.5, 0.6) is 0 Å². The van der Waals surface area contributed by atoms with E-state index < -0.39 is 5.92 Å². The van der Waals surface area contributed by atoms with Gasteiger partial charge in [0.15, 0.2) is 0 Å². The van der Waals surface area contributed by atoms with Crippen molar-refractivity contribution < 1.29 is 4.39 Å². The van der Waals surface area contributed by atoms with E-state index >= 15 is 0 Å². The topological polar surface area (TPSA) is 59.6 Å². The lowest BCUT2D eigenvalue weighted by Gasteiger charge is -2.26. The predicted molar refractivity (Wildman–Crippen MR) is 68.9 cm³/mol. The summed E-state index contributed by atoms with van der Waals surface area (Å²) in [5.41, 5.74) is 2.93. The third-order valence-electron chi connectivity index (χ3n) is 3.18. The van der Waals surface area contributed by atoms with E-state index in [1.807, 2.05) is 0 Å². The first-order valence-electron chi connectivity index (χ1n) is 5.82. The van der Waals surface area contributed by atoms with E-state index in [0.29, 0.717) is 28.1 Å². The molecule has 0 saturated heterocycles. The molecule has 1 heterocycles. The summed E-state index contributed by atoms with van der Waals surface area (Å²) in [6.45, 7) is 3.56. The Balaban J connectivity index is 2.65. The van der Waals surface area contributed by atoms with Crippen LogP contribution in [0.4, 0.5) is 4.39 Å². The van der Waals surface area contributed by atoms with E-state index in [9.17, 15) is 14.9 Å². The minimum absolute atomic E-state index is 0.374. The lowest BCUT2D eigenvalue weighted by atomic mass is 9.81. The molecule has 1 aromatic rings. The molecule has 0 spiro atoms. The quantitative estimate of drug-likeness (QED) is 0.836. The molecule has 0 aromatic heterocycles. The van der Waals surface area contributed by atoms with Gasteiger partial charge in [-0.3, -0.25) is 0 Å². The van der Waals surface area contributed by atoms with Crippen LogP contribution in [0.25, 0.3) is 0 Å². The molecule has 0 saturated carbocycles. The standard InChI is InChI=1S/C15H12FN3/c1-9-13(7-17)15(14(8-18)10(2)19-9)11-4-3-5-12(16)6-11/h3-6,15,19H,1-2H3. The fraction of sp³-hybridized carbons (Fsp3) is 0.200.